The number of fused-ring (bicyclic) bond motifs is 14. The van der Waals surface area contributed by atoms with Gasteiger partial charge in [-0.25, -0.2) is 19.9 Å². The molecule has 6 heterocycles. The van der Waals surface area contributed by atoms with Crippen molar-refractivity contribution in [1.29, 1.82) is 0 Å². The van der Waals surface area contributed by atoms with E-state index in [4.69, 9.17) is 31.2 Å². The molecular weight excluding hydrogens is 1410 g/mol. The molecule has 23 rings (SSSR count). The summed E-state index contributed by atoms with van der Waals surface area (Å²) in [4.78, 5) is 21.0. The highest BCUT2D eigenvalue weighted by Gasteiger charge is 2.22. The van der Waals surface area contributed by atoms with Crippen molar-refractivity contribution in [3.05, 3.63) is 400 Å². The Hall–Kier alpha value is -15.0. The normalized spacial score (nSPS) is 12.3. The van der Waals surface area contributed by atoms with Crippen LogP contribution in [-0.4, -0.2) is 29.1 Å². The van der Waals surface area contributed by atoms with Crippen molar-refractivity contribution >= 4 is 119 Å². The van der Waals surface area contributed by atoms with Crippen molar-refractivity contribution < 1.29 is 11.3 Å². The van der Waals surface area contributed by atoms with Gasteiger partial charge in [-0.2, -0.15) is 0 Å². The predicted molar refractivity (Wildman–Crippen MR) is 477 cm³/mol. The molecule has 0 unspecified atom stereocenters. The van der Waals surface area contributed by atoms with Crippen molar-refractivity contribution in [1.82, 2.24) is 29.1 Å². The SMILES string of the molecule is [2H]c1c([2H])c([2H])c(-c2ccc(-c3nc(-n4c5ccccc5c5cc(-c6ccc(-c7ccc8oc9ccccc9c8c7)cc6)ccc54)nc4ccccc34)cc2)c([2H])c1[2H].c1ccc(-c2cccc(-c3cccc(-c4nc(-n5c6ccccc6c6cc(-c7ccc(-c8ccc9sc%10ccccc%10c9c8)cc7)ccc65)nc5ccccc45)c3)c2)cc1. The average molecular weight is 1480 g/mol. The van der Waals surface area contributed by atoms with Gasteiger partial charge in [0.2, 0.25) is 11.9 Å². The molecule has 17 aromatic carbocycles. The lowest BCUT2D eigenvalue weighted by molar-refractivity contribution is 0.669. The number of hydrogen-bond donors (Lipinski definition) is 0. The van der Waals surface area contributed by atoms with E-state index in [2.05, 4.69) is 306 Å². The van der Waals surface area contributed by atoms with Gasteiger partial charge in [-0.15, -0.1) is 11.3 Å². The first-order chi connectivity index (χ1) is 58.5. The maximum absolute atomic E-state index is 8.48. The van der Waals surface area contributed by atoms with Crippen LogP contribution in [0.3, 0.4) is 0 Å². The molecule has 7 nitrogen and oxygen atoms in total. The van der Waals surface area contributed by atoms with Gasteiger partial charge >= 0.3 is 0 Å². The van der Waals surface area contributed by atoms with E-state index in [1.807, 2.05) is 72.0 Å². The molecule has 0 saturated carbocycles. The van der Waals surface area contributed by atoms with Crippen molar-refractivity contribution in [3.63, 3.8) is 0 Å². The lowest BCUT2D eigenvalue weighted by atomic mass is 9.97. The molecule has 6 aromatic heterocycles. The van der Waals surface area contributed by atoms with Gasteiger partial charge in [-0.1, -0.05) is 303 Å². The first-order valence-corrected chi connectivity index (χ1v) is 38.9. The van der Waals surface area contributed by atoms with Crippen LogP contribution in [-0.2, 0) is 0 Å². The van der Waals surface area contributed by atoms with Gasteiger partial charge in [0.15, 0.2) is 0 Å². The average Bonchev–Trinajstić information content (AvgIpc) is 1.60. The van der Waals surface area contributed by atoms with Gasteiger partial charge in [-0.3, -0.25) is 9.13 Å². The van der Waals surface area contributed by atoms with Crippen molar-refractivity contribution in [3.8, 4) is 112 Å². The summed E-state index contributed by atoms with van der Waals surface area (Å²) in [5, 5.41) is 11.3. The summed E-state index contributed by atoms with van der Waals surface area (Å²) in [6, 6.07) is 128. The van der Waals surface area contributed by atoms with Crippen LogP contribution < -0.4 is 0 Å². The number of para-hydroxylation sites is 5. The molecule has 0 N–H and O–H groups in total. The summed E-state index contributed by atoms with van der Waals surface area (Å²) >= 11 is 1.86. The third kappa shape index (κ3) is 11.7. The van der Waals surface area contributed by atoms with Gasteiger partial charge in [-0.05, 0) is 175 Å². The van der Waals surface area contributed by atoms with Gasteiger partial charge < -0.3 is 4.42 Å². The maximum atomic E-state index is 8.48. The Morgan fingerprint density at radius 3 is 1.16 bits per heavy atom. The lowest BCUT2D eigenvalue weighted by Crippen LogP contribution is -2.03. The zero-order chi connectivity index (χ0) is 79.5. The smallest absolute Gasteiger partial charge is 0.235 e. The summed E-state index contributed by atoms with van der Waals surface area (Å²) < 4.78 is 54.3. The lowest BCUT2D eigenvalue weighted by Gasteiger charge is -2.13. The summed E-state index contributed by atoms with van der Waals surface area (Å²) in [7, 11) is 0. The molecule has 0 spiro atoms. The fourth-order valence-electron chi connectivity index (χ4n) is 16.6. The second kappa shape index (κ2) is 27.6. The van der Waals surface area contributed by atoms with Crippen molar-refractivity contribution in [2.75, 3.05) is 0 Å². The highest BCUT2D eigenvalue weighted by Crippen LogP contribution is 2.43. The fourth-order valence-corrected chi connectivity index (χ4v) is 17.7. The molecule has 532 valence electrons. The first-order valence-electron chi connectivity index (χ1n) is 40.6. The molecule has 0 saturated heterocycles. The topological polar surface area (TPSA) is 74.6 Å². The molecule has 0 radical (unpaired) electrons. The van der Waals surface area contributed by atoms with E-state index in [1.165, 1.54) is 69.9 Å². The highest BCUT2D eigenvalue weighted by molar-refractivity contribution is 7.25. The number of hydrogen-bond acceptors (Lipinski definition) is 6. The van der Waals surface area contributed by atoms with Crippen molar-refractivity contribution in [2.24, 2.45) is 0 Å². The number of rotatable bonds is 11. The zero-order valence-corrected chi connectivity index (χ0v) is 62.0. The number of furan rings is 1. The Balaban J connectivity index is 0.000000143. The Labute approximate surface area is 667 Å². The minimum absolute atomic E-state index is 0.164. The first kappa shape index (κ1) is 60.9. The van der Waals surface area contributed by atoms with Gasteiger partial charge in [0, 0.05) is 74.4 Å². The van der Waals surface area contributed by atoms with Crippen LogP contribution in [0.1, 0.15) is 6.85 Å². The van der Waals surface area contributed by atoms with Crippen molar-refractivity contribution in [2.45, 2.75) is 0 Å². The van der Waals surface area contributed by atoms with Crippen LogP contribution in [0.25, 0.3) is 220 Å². The molecule has 23 aromatic rings. The van der Waals surface area contributed by atoms with Crippen LogP contribution >= 0.6 is 11.3 Å². The van der Waals surface area contributed by atoms with E-state index in [0.29, 0.717) is 17.5 Å². The van der Waals surface area contributed by atoms with Crippen LogP contribution in [0.2, 0.25) is 0 Å². The van der Waals surface area contributed by atoms with E-state index in [9.17, 15) is 0 Å². The summed E-state index contributed by atoms with van der Waals surface area (Å²) in [5.74, 6) is 1.18. The fraction of sp³-hybridized carbons (Fsp3) is 0. The third-order valence-electron chi connectivity index (χ3n) is 22.2. The van der Waals surface area contributed by atoms with E-state index < -0.39 is 6.04 Å². The summed E-state index contributed by atoms with van der Waals surface area (Å²) in [6.07, 6.45) is 0. The maximum Gasteiger partial charge on any atom is 0.235 e. The molecule has 0 aliphatic rings. The molecule has 0 fully saturated rings. The largest absolute Gasteiger partial charge is 0.456 e. The van der Waals surface area contributed by atoms with Crippen LogP contribution in [0.15, 0.2) is 405 Å². The molecule has 0 aliphatic heterocycles. The summed E-state index contributed by atoms with van der Waals surface area (Å²) in [6.45, 7) is 0. The second-order valence-electron chi connectivity index (χ2n) is 28.8. The third-order valence-corrected chi connectivity index (χ3v) is 23.3. The Morgan fingerprint density at radius 2 is 0.579 bits per heavy atom. The molecule has 0 amide bonds. The van der Waals surface area contributed by atoms with Crippen LogP contribution in [0.4, 0.5) is 0 Å². The minimum Gasteiger partial charge on any atom is -0.456 e. The molecule has 114 heavy (non-hydrogen) atoms. The highest BCUT2D eigenvalue weighted by atomic mass is 32.1. The monoisotopic (exact) mass is 1480 g/mol. The number of thiophene rings is 1. The van der Waals surface area contributed by atoms with Crippen LogP contribution in [0.5, 0.6) is 0 Å². The second-order valence-corrected chi connectivity index (χ2v) is 29.9. The van der Waals surface area contributed by atoms with Gasteiger partial charge in [0.1, 0.15) is 11.2 Å². The number of aromatic nitrogens is 6. The van der Waals surface area contributed by atoms with E-state index in [-0.39, 0.29) is 29.7 Å². The number of nitrogens with zero attached hydrogens (tertiary/aromatic N) is 6. The Bertz CT molecular complexity index is 8020. The zero-order valence-electron chi connectivity index (χ0n) is 66.2. The summed E-state index contributed by atoms with van der Waals surface area (Å²) in [5.41, 5.74) is 25.7. The number of benzene rings is 17. The van der Waals surface area contributed by atoms with Gasteiger partial charge in [0.25, 0.3) is 0 Å². The molecule has 8 heteroatoms. The van der Waals surface area contributed by atoms with E-state index in [0.717, 1.165) is 127 Å². The molecule has 0 aliphatic carbocycles. The Kier molecular flexibility index (Phi) is 14.7. The minimum atomic E-state index is -0.412. The molecule has 0 atom stereocenters. The molecule has 0 bridgehead atoms. The van der Waals surface area contributed by atoms with E-state index >= 15 is 0 Å². The van der Waals surface area contributed by atoms with E-state index in [1.54, 1.807) is 12.1 Å². The molecular formula is C106H66N6OS. The van der Waals surface area contributed by atoms with Gasteiger partial charge in [0.05, 0.1) is 51.3 Å². The quantitative estimate of drug-likeness (QED) is 0.129. The van der Waals surface area contributed by atoms with Crippen LogP contribution in [0, 0.1) is 0 Å². The standard InChI is InChI=1S/C56H35N3S.C50H31N3O/c1-2-12-36(13-3-1)39-14-10-15-40(32-39)41-16-11-17-44(33-41)55-47-20-4-7-21-50(47)57-56(58-55)59-51-22-8-5-18-45(51)48-34-42(28-30-52(48)59)37-24-26-38(27-25-37)43-29-31-54-49(35-43)46-19-6-9-23-53(46)60-54;1-2-10-32(11-3-1)33-22-24-36(25-23-33)49-41-14-4-7-15-44(41)51-50(52-49)53-45-16-8-5-12-39(45)42-30-37(26-28-46(42)53)34-18-20-35(21-19-34)38-27-29-48-43(31-38)40-13-6-9-17-47(40)54-48/h1-35H;1-31H/i;1D,2D,3D,10D,11D. The predicted octanol–water partition coefficient (Wildman–Crippen LogP) is 28.7. The Morgan fingerprint density at radius 1 is 0.219 bits per heavy atom.